The molecule has 94 valence electrons. The first-order valence-corrected chi connectivity index (χ1v) is 6.89. The average molecular weight is 232 g/mol. The minimum atomic E-state index is 0.338. The molecule has 1 saturated carbocycles. The zero-order valence-corrected chi connectivity index (χ0v) is 11.3. The first-order valence-electron chi connectivity index (χ1n) is 6.89. The highest BCUT2D eigenvalue weighted by Crippen LogP contribution is 2.36. The first-order chi connectivity index (χ1) is 8.18. The van der Waals surface area contributed by atoms with E-state index in [4.69, 9.17) is 4.74 Å². The highest BCUT2D eigenvalue weighted by atomic mass is 16.5. The molecule has 0 aliphatic heterocycles. The van der Waals surface area contributed by atoms with E-state index in [1.165, 1.54) is 36.8 Å². The fourth-order valence-electron chi connectivity index (χ4n) is 2.97. The van der Waals surface area contributed by atoms with Crippen molar-refractivity contribution < 1.29 is 4.74 Å². The predicted octanol–water partition coefficient (Wildman–Crippen LogP) is 4.45. The summed E-state index contributed by atoms with van der Waals surface area (Å²) in [6, 6.07) is 8.78. The molecular formula is C16H24O. The van der Waals surface area contributed by atoms with Crippen LogP contribution < -0.4 is 0 Å². The minimum Gasteiger partial charge on any atom is -0.375 e. The smallest absolute Gasteiger partial charge is 0.0647 e. The number of aryl methyl sites for hydroxylation is 1. The summed E-state index contributed by atoms with van der Waals surface area (Å²) < 4.78 is 6.11. The first kappa shape index (κ1) is 12.6. The molecule has 0 bridgehead atoms. The predicted molar refractivity (Wildman–Crippen MR) is 72.4 cm³/mol. The van der Waals surface area contributed by atoms with Gasteiger partial charge in [0.1, 0.15) is 0 Å². The monoisotopic (exact) mass is 232 g/mol. The highest BCUT2D eigenvalue weighted by molar-refractivity contribution is 5.30. The van der Waals surface area contributed by atoms with Gasteiger partial charge in [0.2, 0.25) is 0 Å². The van der Waals surface area contributed by atoms with E-state index in [0.29, 0.717) is 18.1 Å². The standard InChI is InChI=1S/C16H24O/c1-12(2)17-16-11-7-6-10-15(16)14-9-5-4-8-13(14)3/h4-5,8-9,12,15-16H,6-7,10-11H2,1-3H3/t15-,16+/m0/s1. The Hall–Kier alpha value is -0.820. The van der Waals surface area contributed by atoms with Crippen molar-refractivity contribution >= 4 is 0 Å². The van der Waals surface area contributed by atoms with Crippen molar-refractivity contribution in [3.63, 3.8) is 0 Å². The van der Waals surface area contributed by atoms with Crippen LogP contribution in [0.15, 0.2) is 24.3 Å². The molecule has 17 heavy (non-hydrogen) atoms. The van der Waals surface area contributed by atoms with Crippen molar-refractivity contribution in [2.24, 2.45) is 0 Å². The second-order valence-electron chi connectivity index (χ2n) is 5.47. The number of rotatable bonds is 3. The zero-order valence-electron chi connectivity index (χ0n) is 11.3. The van der Waals surface area contributed by atoms with Gasteiger partial charge >= 0.3 is 0 Å². The molecule has 1 aromatic rings. The summed E-state index contributed by atoms with van der Waals surface area (Å²) in [4.78, 5) is 0. The Morgan fingerprint density at radius 1 is 1.12 bits per heavy atom. The summed E-state index contributed by atoms with van der Waals surface area (Å²) in [6.45, 7) is 6.50. The van der Waals surface area contributed by atoms with Crippen molar-refractivity contribution in [1.29, 1.82) is 0 Å². The minimum absolute atomic E-state index is 0.338. The molecule has 1 aliphatic carbocycles. The quantitative estimate of drug-likeness (QED) is 0.748. The second kappa shape index (κ2) is 5.68. The fraction of sp³-hybridized carbons (Fsp3) is 0.625. The largest absolute Gasteiger partial charge is 0.375 e. The lowest BCUT2D eigenvalue weighted by atomic mass is 9.80. The molecule has 0 saturated heterocycles. The molecular weight excluding hydrogens is 208 g/mol. The fourth-order valence-corrected chi connectivity index (χ4v) is 2.97. The average Bonchev–Trinajstić information content (AvgIpc) is 2.30. The zero-order chi connectivity index (χ0) is 12.3. The van der Waals surface area contributed by atoms with Crippen LogP contribution in [0.1, 0.15) is 56.6 Å². The molecule has 1 fully saturated rings. The summed E-state index contributed by atoms with van der Waals surface area (Å²) in [5, 5.41) is 0. The maximum atomic E-state index is 6.11. The van der Waals surface area contributed by atoms with Crippen molar-refractivity contribution in [1.82, 2.24) is 0 Å². The molecule has 2 atom stereocenters. The van der Waals surface area contributed by atoms with E-state index in [1.807, 2.05) is 0 Å². The number of benzene rings is 1. The van der Waals surface area contributed by atoms with Crippen LogP contribution in [0.25, 0.3) is 0 Å². The van der Waals surface area contributed by atoms with Crippen LogP contribution in [-0.4, -0.2) is 12.2 Å². The molecule has 0 radical (unpaired) electrons. The summed E-state index contributed by atoms with van der Waals surface area (Å²) in [7, 11) is 0. The van der Waals surface area contributed by atoms with Gasteiger partial charge in [0, 0.05) is 5.92 Å². The van der Waals surface area contributed by atoms with Crippen LogP contribution in [0.2, 0.25) is 0 Å². The van der Waals surface area contributed by atoms with Crippen LogP contribution in [0, 0.1) is 6.92 Å². The highest BCUT2D eigenvalue weighted by Gasteiger charge is 2.28. The van der Waals surface area contributed by atoms with Gasteiger partial charge in [-0.2, -0.15) is 0 Å². The normalized spacial score (nSPS) is 25.2. The Kier molecular flexibility index (Phi) is 4.22. The lowest BCUT2D eigenvalue weighted by Crippen LogP contribution is -2.29. The number of hydrogen-bond acceptors (Lipinski definition) is 1. The molecule has 0 amide bonds. The maximum absolute atomic E-state index is 6.11. The lowest BCUT2D eigenvalue weighted by Gasteiger charge is -2.34. The van der Waals surface area contributed by atoms with Gasteiger partial charge in [0.05, 0.1) is 12.2 Å². The third-order valence-electron chi connectivity index (χ3n) is 3.74. The van der Waals surface area contributed by atoms with E-state index in [1.54, 1.807) is 0 Å². The molecule has 2 rings (SSSR count). The van der Waals surface area contributed by atoms with E-state index in [0.717, 1.165) is 0 Å². The third-order valence-corrected chi connectivity index (χ3v) is 3.74. The number of ether oxygens (including phenoxy) is 1. The van der Waals surface area contributed by atoms with Crippen LogP contribution >= 0.6 is 0 Å². The van der Waals surface area contributed by atoms with Gasteiger partial charge in [0.25, 0.3) is 0 Å². The Morgan fingerprint density at radius 2 is 1.82 bits per heavy atom. The van der Waals surface area contributed by atoms with Crippen molar-refractivity contribution in [2.45, 2.75) is 64.6 Å². The molecule has 1 aromatic carbocycles. The summed E-state index contributed by atoms with van der Waals surface area (Å²) >= 11 is 0. The molecule has 1 heteroatoms. The van der Waals surface area contributed by atoms with Crippen molar-refractivity contribution in [2.75, 3.05) is 0 Å². The van der Waals surface area contributed by atoms with Crippen LogP contribution in [-0.2, 0) is 4.74 Å². The lowest BCUT2D eigenvalue weighted by molar-refractivity contribution is -0.0248. The maximum Gasteiger partial charge on any atom is 0.0647 e. The molecule has 1 aliphatic rings. The van der Waals surface area contributed by atoms with E-state index in [9.17, 15) is 0 Å². The summed E-state index contributed by atoms with van der Waals surface area (Å²) in [6.07, 6.45) is 5.92. The summed E-state index contributed by atoms with van der Waals surface area (Å²) in [5.41, 5.74) is 2.91. The molecule has 0 heterocycles. The number of hydrogen-bond donors (Lipinski definition) is 0. The molecule has 0 unspecified atom stereocenters. The van der Waals surface area contributed by atoms with Crippen LogP contribution in [0.5, 0.6) is 0 Å². The van der Waals surface area contributed by atoms with E-state index in [-0.39, 0.29) is 0 Å². The second-order valence-corrected chi connectivity index (χ2v) is 5.47. The van der Waals surface area contributed by atoms with E-state index in [2.05, 4.69) is 45.0 Å². The summed E-state index contributed by atoms with van der Waals surface area (Å²) in [5.74, 6) is 0.604. The SMILES string of the molecule is Cc1ccccc1[C@@H]1CCCC[C@H]1OC(C)C. The third kappa shape index (κ3) is 3.10. The molecule has 0 N–H and O–H groups in total. The van der Waals surface area contributed by atoms with E-state index >= 15 is 0 Å². The van der Waals surface area contributed by atoms with Gasteiger partial charge < -0.3 is 4.74 Å². The Bertz CT molecular complexity index is 356. The van der Waals surface area contributed by atoms with Gasteiger partial charge in [-0.25, -0.2) is 0 Å². The molecule has 0 spiro atoms. The molecule has 1 nitrogen and oxygen atoms in total. The van der Waals surface area contributed by atoms with Gasteiger partial charge in [0.15, 0.2) is 0 Å². The van der Waals surface area contributed by atoms with Gasteiger partial charge in [-0.1, -0.05) is 37.1 Å². The van der Waals surface area contributed by atoms with Gasteiger partial charge in [-0.3, -0.25) is 0 Å². The Balaban J connectivity index is 2.19. The Labute approximate surface area is 105 Å². The van der Waals surface area contributed by atoms with Crippen LogP contribution in [0.3, 0.4) is 0 Å². The van der Waals surface area contributed by atoms with Crippen molar-refractivity contribution in [3.8, 4) is 0 Å². The van der Waals surface area contributed by atoms with Gasteiger partial charge in [-0.05, 0) is 44.7 Å². The van der Waals surface area contributed by atoms with Crippen LogP contribution in [0.4, 0.5) is 0 Å². The molecule has 0 aromatic heterocycles. The Morgan fingerprint density at radius 3 is 2.53 bits per heavy atom. The van der Waals surface area contributed by atoms with Crippen molar-refractivity contribution in [3.05, 3.63) is 35.4 Å². The van der Waals surface area contributed by atoms with E-state index < -0.39 is 0 Å². The van der Waals surface area contributed by atoms with Gasteiger partial charge in [-0.15, -0.1) is 0 Å². The topological polar surface area (TPSA) is 9.23 Å².